The number of fused-ring (bicyclic) bond motifs is 5. The van der Waals surface area contributed by atoms with Gasteiger partial charge in [-0.2, -0.15) is 5.26 Å². The summed E-state index contributed by atoms with van der Waals surface area (Å²) in [5, 5.41) is 9.21. The van der Waals surface area contributed by atoms with Gasteiger partial charge in [-0.3, -0.25) is 0 Å². The maximum atomic E-state index is 9.21. The number of hydrogen-bond donors (Lipinski definition) is 0. The van der Waals surface area contributed by atoms with Crippen molar-refractivity contribution in [1.29, 1.82) is 5.26 Å². The number of hydrogen-bond acceptors (Lipinski definition) is 1. The van der Waals surface area contributed by atoms with E-state index >= 15 is 0 Å². The molecule has 0 radical (unpaired) electrons. The van der Waals surface area contributed by atoms with Crippen molar-refractivity contribution < 1.29 is 0 Å². The molecule has 4 rings (SSSR count). The van der Waals surface area contributed by atoms with Crippen LogP contribution in [0.15, 0.2) is 23.3 Å². The zero-order chi connectivity index (χ0) is 14.7. The Bertz CT molecular complexity index is 563. The van der Waals surface area contributed by atoms with Crippen LogP contribution in [0.25, 0.3) is 0 Å². The SMILES string of the molecule is C[C@@]12CCC[C@H]1[C@@H]1CC=C3C=C(C#N)CC[C@]3(C)[C@H]1CC2. The first-order valence-corrected chi connectivity index (χ1v) is 8.88. The van der Waals surface area contributed by atoms with E-state index in [1.807, 2.05) is 0 Å². The summed E-state index contributed by atoms with van der Waals surface area (Å²) in [6, 6.07) is 2.39. The van der Waals surface area contributed by atoms with Gasteiger partial charge in [0.15, 0.2) is 0 Å². The van der Waals surface area contributed by atoms with E-state index in [0.29, 0.717) is 10.8 Å². The van der Waals surface area contributed by atoms with Crippen LogP contribution in [0.2, 0.25) is 0 Å². The number of nitriles is 1. The van der Waals surface area contributed by atoms with Gasteiger partial charge in [0, 0.05) is 5.57 Å². The van der Waals surface area contributed by atoms with Gasteiger partial charge in [0.25, 0.3) is 0 Å². The van der Waals surface area contributed by atoms with Crippen LogP contribution in [0.5, 0.6) is 0 Å². The van der Waals surface area contributed by atoms with Gasteiger partial charge in [-0.25, -0.2) is 0 Å². The van der Waals surface area contributed by atoms with Gasteiger partial charge in [-0.05, 0) is 85.2 Å². The molecule has 4 aliphatic carbocycles. The first-order valence-electron chi connectivity index (χ1n) is 8.88. The molecule has 112 valence electrons. The normalized spacial score (nSPS) is 48.3. The molecule has 5 atom stereocenters. The highest BCUT2D eigenvalue weighted by Crippen LogP contribution is 2.64. The zero-order valence-corrected chi connectivity index (χ0v) is 13.5. The molecule has 0 unspecified atom stereocenters. The first kappa shape index (κ1) is 13.6. The molecule has 2 saturated carbocycles. The molecule has 0 N–H and O–H groups in total. The third kappa shape index (κ3) is 1.81. The average Bonchev–Trinajstić information content (AvgIpc) is 2.88. The molecular weight excluding hydrogens is 254 g/mol. The van der Waals surface area contributed by atoms with Gasteiger partial charge in [0.1, 0.15) is 0 Å². The summed E-state index contributed by atoms with van der Waals surface area (Å²) in [5.74, 6) is 2.74. The lowest BCUT2D eigenvalue weighted by atomic mass is 9.49. The van der Waals surface area contributed by atoms with E-state index in [4.69, 9.17) is 0 Å². The van der Waals surface area contributed by atoms with Gasteiger partial charge < -0.3 is 0 Å². The molecule has 21 heavy (non-hydrogen) atoms. The van der Waals surface area contributed by atoms with Gasteiger partial charge in [0.05, 0.1) is 6.07 Å². The summed E-state index contributed by atoms with van der Waals surface area (Å²) in [5.41, 5.74) is 3.49. The largest absolute Gasteiger partial charge is 0.193 e. The van der Waals surface area contributed by atoms with Crippen LogP contribution in [0, 0.1) is 39.9 Å². The van der Waals surface area contributed by atoms with E-state index < -0.39 is 0 Å². The molecule has 0 saturated heterocycles. The van der Waals surface area contributed by atoms with Crippen LogP contribution in [-0.2, 0) is 0 Å². The number of rotatable bonds is 0. The van der Waals surface area contributed by atoms with Gasteiger partial charge in [-0.15, -0.1) is 0 Å². The molecule has 0 aromatic heterocycles. The fraction of sp³-hybridized carbons (Fsp3) is 0.750. The van der Waals surface area contributed by atoms with Crippen LogP contribution in [0.1, 0.15) is 65.2 Å². The highest BCUT2D eigenvalue weighted by molar-refractivity contribution is 5.41. The molecule has 1 nitrogen and oxygen atoms in total. The lowest BCUT2D eigenvalue weighted by Crippen LogP contribution is -2.47. The Kier molecular flexibility index (Phi) is 2.91. The smallest absolute Gasteiger partial charge is 0.0947 e. The highest BCUT2D eigenvalue weighted by atomic mass is 14.6. The number of nitrogens with zero attached hydrogens (tertiary/aromatic N) is 1. The van der Waals surface area contributed by atoms with Crippen molar-refractivity contribution in [3.63, 3.8) is 0 Å². The Hall–Kier alpha value is -1.03. The van der Waals surface area contributed by atoms with Crippen molar-refractivity contribution in [3.05, 3.63) is 23.3 Å². The molecule has 4 aliphatic rings. The average molecular weight is 281 g/mol. The Balaban J connectivity index is 1.72. The lowest BCUT2D eigenvalue weighted by Gasteiger charge is -2.56. The van der Waals surface area contributed by atoms with E-state index in [9.17, 15) is 5.26 Å². The van der Waals surface area contributed by atoms with Crippen molar-refractivity contribution in [2.45, 2.75) is 65.2 Å². The van der Waals surface area contributed by atoms with Crippen LogP contribution >= 0.6 is 0 Å². The zero-order valence-electron chi connectivity index (χ0n) is 13.5. The molecule has 0 heterocycles. The monoisotopic (exact) mass is 281 g/mol. The van der Waals surface area contributed by atoms with Crippen molar-refractivity contribution in [2.75, 3.05) is 0 Å². The Morgan fingerprint density at radius 3 is 2.81 bits per heavy atom. The van der Waals surface area contributed by atoms with E-state index in [-0.39, 0.29) is 0 Å². The van der Waals surface area contributed by atoms with Crippen molar-refractivity contribution in [3.8, 4) is 6.07 Å². The topological polar surface area (TPSA) is 23.8 Å². The van der Waals surface area contributed by atoms with E-state index in [2.05, 4.69) is 32.1 Å². The molecule has 0 aromatic carbocycles. The molecule has 0 bridgehead atoms. The minimum absolute atomic E-state index is 0.354. The molecule has 1 heteroatoms. The molecule has 0 aliphatic heterocycles. The Morgan fingerprint density at radius 2 is 2.00 bits per heavy atom. The molecule has 2 fully saturated rings. The molecular formula is C20H27N. The first-order chi connectivity index (χ1) is 10.1. The highest BCUT2D eigenvalue weighted by Gasteiger charge is 2.55. The summed E-state index contributed by atoms with van der Waals surface area (Å²) in [4.78, 5) is 0. The van der Waals surface area contributed by atoms with Crippen molar-refractivity contribution >= 4 is 0 Å². The Labute approximate surface area is 129 Å². The minimum atomic E-state index is 0.354. The van der Waals surface area contributed by atoms with Crippen molar-refractivity contribution in [1.82, 2.24) is 0 Å². The van der Waals surface area contributed by atoms with E-state index in [1.54, 1.807) is 0 Å². The summed E-state index contributed by atoms with van der Waals surface area (Å²) in [6.45, 7) is 5.06. The van der Waals surface area contributed by atoms with Crippen LogP contribution in [-0.4, -0.2) is 0 Å². The summed E-state index contributed by atoms with van der Waals surface area (Å²) >= 11 is 0. The van der Waals surface area contributed by atoms with E-state index in [1.165, 1.54) is 50.5 Å². The summed E-state index contributed by atoms with van der Waals surface area (Å²) < 4.78 is 0. The fourth-order valence-corrected chi connectivity index (χ4v) is 6.41. The summed E-state index contributed by atoms with van der Waals surface area (Å²) in [6.07, 6.45) is 15.4. The van der Waals surface area contributed by atoms with Gasteiger partial charge in [0.2, 0.25) is 0 Å². The maximum Gasteiger partial charge on any atom is 0.0947 e. The predicted octanol–water partition coefficient (Wildman–Crippen LogP) is 5.40. The quantitative estimate of drug-likeness (QED) is 0.583. The van der Waals surface area contributed by atoms with Crippen molar-refractivity contribution in [2.24, 2.45) is 28.6 Å². The summed E-state index contributed by atoms with van der Waals surface area (Å²) in [7, 11) is 0. The maximum absolute atomic E-state index is 9.21. The van der Waals surface area contributed by atoms with Gasteiger partial charge >= 0.3 is 0 Å². The molecule has 0 spiro atoms. The second-order valence-electron chi connectivity index (χ2n) is 8.56. The standard InChI is InChI=1S/C20H27N/c1-19-9-3-4-17(19)16-6-5-15-12-14(13-21)7-11-20(15,2)18(16)8-10-19/h5,12,16-18H,3-4,6-11H2,1-2H3/t16-,17-,18-,19-,20-/m0/s1. The third-order valence-electron chi connectivity index (χ3n) is 7.69. The second kappa shape index (κ2) is 4.48. The minimum Gasteiger partial charge on any atom is -0.193 e. The second-order valence-corrected chi connectivity index (χ2v) is 8.56. The number of allylic oxidation sites excluding steroid dienone is 4. The van der Waals surface area contributed by atoms with E-state index in [0.717, 1.165) is 29.7 Å². The Morgan fingerprint density at radius 1 is 1.14 bits per heavy atom. The predicted molar refractivity (Wildman–Crippen MR) is 85.4 cm³/mol. The van der Waals surface area contributed by atoms with Crippen LogP contribution in [0.4, 0.5) is 0 Å². The molecule has 0 aromatic rings. The molecule has 0 amide bonds. The van der Waals surface area contributed by atoms with Crippen LogP contribution < -0.4 is 0 Å². The third-order valence-corrected chi connectivity index (χ3v) is 7.69. The van der Waals surface area contributed by atoms with Crippen LogP contribution in [0.3, 0.4) is 0 Å². The fourth-order valence-electron chi connectivity index (χ4n) is 6.41. The lowest BCUT2D eigenvalue weighted by molar-refractivity contribution is -0.0182. The van der Waals surface area contributed by atoms with Gasteiger partial charge in [-0.1, -0.05) is 26.3 Å².